The van der Waals surface area contributed by atoms with Crippen LogP contribution in [0.4, 0.5) is 0 Å². The van der Waals surface area contributed by atoms with Gasteiger partial charge in [-0.2, -0.15) is 0 Å². The Hall–Kier alpha value is -11.7. The minimum Gasteiger partial charge on any atom is -0.508 e. The monoisotopic (exact) mass is 1920 g/mol. The summed E-state index contributed by atoms with van der Waals surface area (Å²) in [6.07, 6.45) is 14.8. The fourth-order valence-corrected chi connectivity index (χ4v) is 16.8. The van der Waals surface area contributed by atoms with Crippen LogP contribution in [-0.2, 0) is 32.1 Å². The number of halogens is 1. The van der Waals surface area contributed by atoms with Crippen molar-refractivity contribution in [2.45, 2.75) is 253 Å². The van der Waals surface area contributed by atoms with Crippen LogP contribution in [0.3, 0.4) is 0 Å². The molecule has 0 unspecified atom stereocenters. The molecule has 0 spiro atoms. The van der Waals surface area contributed by atoms with Gasteiger partial charge in [0.15, 0.2) is 11.5 Å². The van der Waals surface area contributed by atoms with Gasteiger partial charge in [0, 0.05) is 10.9 Å². The summed E-state index contributed by atoms with van der Waals surface area (Å²) in [6.45, 7) is 55.5. The number of allylic oxidation sites excluding steroid dienone is 6. The number of hydrogen-bond donors (Lipinski definition) is 2. The molecular formula is C128H163BrO9. The number of fused-ring (bicyclic) bond motifs is 6. The normalized spacial score (nSPS) is 12.5. The number of aromatic hydroxyl groups is 2. The smallest absolute Gasteiger partial charge is 0.231 e. The number of phenolic OH excluding ortho intramolecular Hbond substituents is 2. The Labute approximate surface area is 840 Å². The Morgan fingerprint density at radius 2 is 0.725 bits per heavy atom. The molecular weight excluding hydrogens is 1760 g/mol. The van der Waals surface area contributed by atoms with Gasteiger partial charge in [-0.25, -0.2) is 0 Å². The summed E-state index contributed by atoms with van der Waals surface area (Å²) in [7, 11) is 6.77. The highest BCUT2D eigenvalue weighted by atomic mass is 79.9. The van der Waals surface area contributed by atoms with Crippen molar-refractivity contribution in [1.82, 2.24) is 0 Å². The molecule has 0 bridgehead atoms. The maximum absolute atomic E-state index is 9.06. The number of ether oxygens (including phenoxy) is 6. The van der Waals surface area contributed by atoms with E-state index in [1.54, 1.807) is 63.8 Å². The molecule has 0 fully saturated rings. The molecule has 9 nitrogen and oxygen atoms in total. The first kappa shape index (κ1) is 113. The summed E-state index contributed by atoms with van der Waals surface area (Å²) in [6, 6.07) is 94.6. The average molecular weight is 1930 g/mol. The zero-order chi connectivity index (χ0) is 101. The molecule has 13 aromatic rings. The van der Waals surface area contributed by atoms with Crippen LogP contribution in [0.5, 0.6) is 46.0 Å². The molecule has 1 aliphatic heterocycles. The molecule has 2 N–H and O–H groups in total. The van der Waals surface area contributed by atoms with Crippen LogP contribution in [-0.4, -0.2) is 45.4 Å². The van der Waals surface area contributed by atoms with Crippen LogP contribution < -0.4 is 28.4 Å². The molecule has 736 valence electrons. The van der Waals surface area contributed by atoms with Gasteiger partial charge in [-0.3, -0.25) is 0 Å². The van der Waals surface area contributed by atoms with E-state index in [-0.39, 0.29) is 5.41 Å². The van der Waals surface area contributed by atoms with E-state index in [0.717, 1.165) is 75.7 Å². The molecule has 138 heavy (non-hydrogen) atoms. The molecule has 5 aliphatic rings. The summed E-state index contributed by atoms with van der Waals surface area (Å²) < 4.78 is 37.5. The van der Waals surface area contributed by atoms with E-state index in [1.807, 2.05) is 103 Å². The number of phenols is 2. The quantitative estimate of drug-likeness (QED) is 0.104. The minimum atomic E-state index is 0.220. The molecule has 0 amide bonds. The van der Waals surface area contributed by atoms with Crippen LogP contribution in [0.2, 0.25) is 0 Å². The van der Waals surface area contributed by atoms with E-state index in [1.165, 1.54) is 113 Å². The lowest BCUT2D eigenvalue weighted by atomic mass is 9.83. The number of hydrogen-bond acceptors (Lipinski definition) is 9. The lowest BCUT2D eigenvalue weighted by Crippen LogP contribution is -2.07. The minimum absolute atomic E-state index is 0.220. The first-order valence-corrected chi connectivity index (χ1v) is 50.7. The Bertz CT molecular complexity index is 5750. The third-order valence-corrected chi connectivity index (χ3v) is 25.7. The highest BCUT2D eigenvalue weighted by Crippen LogP contribution is 2.43. The molecule has 10 heteroatoms. The fourth-order valence-electron chi connectivity index (χ4n) is 16.3. The van der Waals surface area contributed by atoms with Crippen molar-refractivity contribution in [3.8, 4) is 46.0 Å². The van der Waals surface area contributed by atoms with Gasteiger partial charge < -0.3 is 43.1 Å². The Kier molecular flexibility index (Phi) is 47.3. The molecule has 2 heterocycles. The van der Waals surface area contributed by atoms with Crippen molar-refractivity contribution >= 4 is 43.6 Å². The second-order valence-corrected chi connectivity index (χ2v) is 41.1. The SMILES string of the molecule is CC(C)C1=CCc2ccccc21.CC(C)C1=CCc2ccccc21.CC(C)C1Cc2ccccc2C1.CC(C)c1ccc(O)cc1.CC(C)c1ccc2c(c1)OCO2.CC(C)c1cccc(O)c1.CC(C)c1ccccc1.CC(C)c1coc2ccccc12.COc1ccc(C(C)C)cc1.COc1ccc(C(C)C)cc1Br.COc1ccc2c(c1)C(C(C)(C)C)=CC2.COc1cccc(C(C)C)c1. The van der Waals surface area contributed by atoms with Crippen LogP contribution in [0.25, 0.3) is 27.7 Å². The van der Waals surface area contributed by atoms with Crippen LogP contribution >= 0.6 is 15.9 Å². The predicted octanol–water partition coefficient (Wildman–Crippen LogP) is 36.5. The van der Waals surface area contributed by atoms with Crippen molar-refractivity contribution in [2.24, 2.45) is 29.1 Å². The van der Waals surface area contributed by atoms with Crippen molar-refractivity contribution in [1.29, 1.82) is 0 Å². The molecule has 0 atom stereocenters. The predicted molar refractivity (Wildman–Crippen MR) is 593 cm³/mol. The zero-order valence-electron chi connectivity index (χ0n) is 88.7. The van der Waals surface area contributed by atoms with Crippen molar-refractivity contribution in [3.05, 3.63) is 397 Å². The summed E-state index contributed by atoms with van der Waals surface area (Å²) in [5.41, 5.74) is 28.0. The Balaban J connectivity index is 0.000000205. The topological polar surface area (TPSA) is 109 Å². The van der Waals surface area contributed by atoms with E-state index in [9.17, 15) is 0 Å². The second-order valence-electron chi connectivity index (χ2n) is 40.2. The molecule has 0 saturated carbocycles. The lowest BCUT2D eigenvalue weighted by molar-refractivity contribution is 0.174. The first-order valence-electron chi connectivity index (χ1n) is 49.9. The molecule has 0 saturated heterocycles. The summed E-state index contributed by atoms with van der Waals surface area (Å²) in [4.78, 5) is 0. The van der Waals surface area contributed by atoms with Gasteiger partial charge in [0.2, 0.25) is 6.79 Å². The maximum atomic E-state index is 9.06. The van der Waals surface area contributed by atoms with Crippen molar-refractivity contribution < 1.29 is 43.1 Å². The number of benzene rings is 12. The van der Waals surface area contributed by atoms with E-state index in [2.05, 4.69) is 365 Å². The van der Waals surface area contributed by atoms with E-state index < -0.39 is 0 Å². The molecule has 4 aliphatic carbocycles. The highest BCUT2D eigenvalue weighted by molar-refractivity contribution is 9.10. The molecule has 18 rings (SSSR count). The standard InChI is InChI=1S/C14H18O.C12H16.2C12H14.C11H12O.C10H13BrO.C10H12O2.2C10H14O.2C9H12O.C9H12/c1-14(2,3)13-8-6-10-5-7-11(15-4)9-12(10)13;1-9(2)12-7-10-5-3-4-6-11(10)8-12;2*1-9(2)11-8-7-10-5-3-4-6-12(10)11;1-8(2)10-7-12-11-6-4-3-5-9(10)11;1-7(2)8-4-5-10(12-3)9(11)6-8;1-7(2)8-3-4-9-10(5-8)12-6-11-9;1-8(2)9-4-6-10(11-3)7-5-9;1-8(2)9-5-4-6-10(7-9)11-3;1-7(2)8-3-5-9(10)6-4-8;1-7(2)8-4-3-5-9(10)6-8;1-8(2)9-6-4-3-5-7-9/h5,7-9H,6H2,1-4H3;3-6,9,12H,7-8H2,1-2H3;2*3-6,8-9H,7H2,1-2H3;3-8H,1-2H3;4-7H,1-3H3;3-5,7H,6H2,1-2H3;2*4-8H,1-3H3;2*3-7,10H,1-2H3;3-8H,1-2H3. The molecule has 0 radical (unpaired) electrons. The van der Waals surface area contributed by atoms with Gasteiger partial charge in [-0.1, -0.05) is 379 Å². The zero-order valence-corrected chi connectivity index (χ0v) is 90.3. The van der Waals surface area contributed by atoms with Gasteiger partial charge in [0.25, 0.3) is 0 Å². The summed E-state index contributed by atoms with van der Waals surface area (Å²) in [5.74, 6) is 13.7. The summed E-state index contributed by atoms with van der Waals surface area (Å²) in [5, 5.41) is 19.2. The van der Waals surface area contributed by atoms with Crippen molar-refractivity contribution in [3.63, 3.8) is 0 Å². The average Bonchev–Trinajstić information content (AvgIpc) is 1.64. The first-order chi connectivity index (χ1) is 65.7. The highest BCUT2D eigenvalue weighted by Gasteiger charge is 2.26. The van der Waals surface area contributed by atoms with Gasteiger partial charge in [0.1, 0.15) is 40.1 Å². The molecule has 12 aromatic carbocycles. The van der Waals surface area contributed by atoms with Crippen LogP contribution in [0.1, 0.15) is 309 Å². The number of methoxy groups -OCH3 is 4. The van der Waals surface area contributed by atoms with E-state index in [4.69, 9.17) is 43.1 Å². The maximum Gasteiger partial charge on any atom is 0.231 e. The van der Waals surface area contributed by atoms with E-state index in [0.29, 0.717) is 77.5 Å². The second kappa shape index (κ2) is 57.6. The Morgan fingerprint density at radius 1 is 0.319 bits per heavy atom. The third kappa shape index (κ3) is 36.6. The third-order valence-electron chi connectivity index (χ3n) is 25.1. The largest absolute Gasteiger partial charge is 0.508 e. The van der Waals surface area contributed by atoms with E-state index >= 15 is 0 Å². The Morgan fingerprint density at radius 3 is 1.19 bits per heavy atom. The summed E-state index contributed by atoms with van der Waals surface area (Å²) >= 11 is 3.45. The van der Waals surface area contributed by atoms with Crippen molar-refractivity contribution in [2.75, 3.05) is 35.2 Å². The van der Waals surface area contributed by atoms with Gasteiger partial charge in [0.05, 0.1) is 39.2 Å². The fraction of sp³-hybridized carbons (Fsp3) is 0.375. The number of rotatable bonds is 15. The van der Waals surface area contributed by atoms with Gasteiger partial charge in [-0.15, -0.1) is 0 Å². The number of para-hydroxylation sites is 1. The van der Waals surface area contributed by atoms with Gasteiger partial charge in [-0.05, 0) is 316 Å². The van der Waals surface area contributed by atoms with Gasteiger partial charge >= 0.3 is 0 Å². The number of furan rings is 1. The van der Waals surface area contributed by atoms with Crippen LogP contribution in [0, 0.1) is 29.1 Å². The van der Waals surface area contributed by atoms with Crippen LogP contribution in [0.15, 0.2) is 312 Å². The lowest BCUT2D eigenvalue weighted by Gasteiger charge is -2.22. The molecule has 1 aromatic heterocycles.